The molecule has 0 aromatic carbocycles. The van der Waals surface area contributed by atoms with Crippen LogP contribution in [0, 0.1) is 56.2 Å². The van der Waals surface area contributed by atoms with E-state index in [0.29, 0.717) is 24.9 Å². The Morgan fingerprint density at radius 2 is 1.34 bits per heavy atom. The van der Waals surface area contributed by atoms with Gasteiger partial charge in [0.15, 0.2) is 0 Å². The predicted molar refractivity (Wildman–Crippen MR) is 221 cm³/mol. The molecule has 7 aliphatic rings. The molecule has 10 nitrogen and oxygen atoms in total. The summed E-state index contributed by atoms with van der Waals surface area (Å²) in [4.78, 5) is 14.5. The first-order valence-electron chi connectivity index (χ1n) is 23.3. The molecule has 2 aliphatic heterocycles. The van der Waals surface area contributed by atoms with Crippen molar-refractivity contribution in [3.05, 3.63) is 11.6 Å². The molecule has 18 atom stereocenters. The molecule has 0 unspecified atom stereocenters. The molecule has 0 aromatic rings. The predicted octanol–water partition coefficient (Wildman–Crippen LogP) is 6.64. The van der Waals surface area contributed by atoms with Crippen LogP contribution in [0.15, 0.2) is 11.6 Å². The van der Waals surface area contributed by atoms with Gasteiger partial charge in [-0.1, -0.05) is 79.4 Å². The average Bonchev–Trinajstić information content (AvgIpc) is 3.16. The van der Waals surface area contributed by atoms with Crippen molar-refractivity contribution in [1.82, 2.24) is 0 Å². The minimum atomic E-state index is -1.21. The summed E-state index contributed by atoms with van der Waals surface area (Å²) >= 11 is 0. The minimum absolute atomic E-state index is 0.00157. The van der Waals surface area contributed by atoms with Crippen molar-refractivity contribution in [2.45, 2.75) is 220 Å². The number of ether oxygens (including phenoxy) is 3. The van der Waals surface area contributed by atoms with Gasteiger partial charge in [-0.3, -0.25) is 4.79 Å². The standard InChI is InChI=1S/C48H80O10/c1-27-35(49)38(52)37(51)32(57-27)14-12-10-11-13-25-56-42(55)48-23-21-43(3,4)26-31(48)29-15-16-34-45(7)19-17-30(41-40(54)39(53)36(50)28(2)58-41)44(5,6)33(45)18-20-47(34,9)46(29,8)22-24-48/h15,27-28,30-41,49-54H,10-14,16-26H2,1-9H3/t27-,28-,30+,31-,32-,33-,34+,35-,36-,37-,38+,39+,40+,41-,45-,46+,47+,48-/m0/s1. The van der Waals surface area contributed by atoms with E-state index in [-0.39, 0.29) is 44.9 Å². The van der Waals surface area contributed by atoms with Crippen LogP contribution in [0.5, 0.6) is 0 Å². The van der Waals surface area contributed by atoms with Crippen LogP contribution in [0.25, 0.3) is 0 Å². The zero-order chi connectivity index (χ0) is 42.4. The number of allylic oxidation sites excluding steroid dienone is 2. The summed E-state index contributed by atoms with van der Waals surface area (Å²) in [5.41, 5.74) is 1.19. The Hall–Kier alpha value is -1.11. The number of carbonyl (C=O) groups excluding carboxylic acids is 1. The number of hydrogen-bond acceptors (Lipinski definition) is 10. The first kappa shape index (κ1) is 44.9. The maximum Gasteiger partial charge on any atom is 0.312 e. The van der Waals surface area contributed by atoms with Gasteiger partial charge in [-0.15, -0.1) is 0 Å². The van der Waals surface area contributed by atoms with Crippen LogP contribution in [0.2, 0.25) is 0 Å². The number of esters is 1. The van der Waals surface area contributed by atoms with Gasteiger partial charge in [0.05, 0.1) is 36.4 Å². The lowest BCUT2D eigenvalue weighted by Crippen LogP contribution is -2.67. The SMILES string of the molecule is C[C@@H]1O[C@@H](CCCCCCOC(=O)[C@]23CCC(C)(C)C[C@H]2C2=CC[C@@H]4[C@@]5(C)CC[C@H]([C@@H]6O[C@@H](C)[C@H](O)[C@@H](O)[C@H]6O)C(C)(C)[C@@H]5CC[C@@]4(C)[C@]2(C)CC3)[C@H](O)[C@H](O)[C@H]1O. The maximum absolute atomic E-state index is 14.5. The van der Waals surface area contributed by atoms with Gasteiger partial charge in [0.25, 0.3) is 0 Å². The van der Waals surface area contributed by atoms with Crippen LogP contribution in [0.3, 0.4) is 0 Å². The van der Waals surface area contributed by atoms with Crippen LogP contribution in [-0.4, -0.2) is 104 Å². The van der Waals surface area contributed by atoms with Crippen LogP contribution in [0.1, 0.15) is 159 Å². The first-order chi connectivity index (χ1) is 27.1. The lowest BCUT2D eigenvalue weighted by molar-refractivity contribution is -0.262. The molecular formula is C48H80O10. The normalized spacial score (nSPS) is 51.0. The van der Waals surface area contributed by atoms with Crippen molar-refractivity contribution in [1.29, 1.82) is 0 Å². The van der Waals surface area contributed by atoms with Gasteiger partial charge in [-0.05, 0) is 142 Å². The summed E-state index contributed by atoms with van der Waals surface area (Å²) in [6.07, 6.45) is 7.74. The van der Waals surface area contributed by atoms with Crippen molar-refractivity contribution >= 4 is 5.97 Å². The quantitative estimate of drug-likeness (QED) is 0.0845. The highest BCUT2D eigenvalue weighted by Gasteiger charge is 2.70. The van der Waals surface area contributed by atoms with Crippen LogP contribution in [-0.2, 0) is 19.0 Å². The molecule has 6 N–H and O–H groups in total. The molecular weight excluding hydrogens is 737 g/mol. The van der Waals surface area contributed by atoms with Crippen molar-refractivity contribution in [2.24, 2.45) is 56.2 Å². The number of fused-ring (bicyclic) bond motifs is 7. The van der Waals surface area contributed by atoms with Crippen LogP contribution in [0.4, 0.5) is 0 Å². The number of hydrogen-bond donors (Lipinski definition) is 6. The van der Waals surface area contributed by atoms with Gasteiger partial charge in [-0.2, -0.15) is 0 Å². The van der Waals surface area contributed by atoms with E-state index in [9.17, 15) is 35.4 Å². The molecule has 58 heavy (non-hydrogen) atoms. The molecule has 10 heteroatoms. The van der Waals surface area contributed by atoms with Crippen LogP contribution >= 0.6 is 0 Å². The summed E-state index contributed by atoms with van der Waals surface area (Å²) in [7, 11) is 0. The largest absolute Gasteiger partial charge is 0.465 e. The third kappa shape index (κ3) is 7.10. The Balaban J connectivity index is 1.03. The Morgan fingerprint density at radius 3 is 2.05 bits per heavy atom. The molecule has 0 aromatic heterocycles. The Kier molecular flexibility index (Phi) is 12.3. The highest BCUT2D eigenvalue weighted by Crippen LogP contribution is 2.76. The lowest BCUT2D eigenvalue weighted by Gasteiger charge is -2.72. The molecule has 7 rings (SSSR count). The number of rotatable bonds is 9. The number of aliphatic hydroxyl groups is 6. The topological polar surface area (TPSA) is 166 Å². The number of unbranched alkanes of at least 4 members (excludes halogenated alkanes) is 3. The van der Waals surface area contributed by atoms with Gasteiger partial charge in [-0.25, -0.2) is 0 Å². The van der Waals surface area contributed by atoms with Crippen molar-refractivity contribution < 1.29 is 49.6 Å². The second-order valence-electron chi connectivity index (χ2n) is 22.8. The molecule has 2 heterocycles. The molecule has 6 fully saturated rings. The smallest absolute Gasteiger partial charge is 0.312 e. The number of carbonyl (C=O) groups is 1. The molecule has 0 amide bonds. The van der Waals surface area contributed by atoms with E-state index in [0.717, 1.165) is 89.9 Å². The molecule has 4 saturated carbocycles. The summed E-state index contributed by atoms with van der Waals surface area (Å²) in [6.45, 7) is 21.1. The Morgan fingerprint density at radius 1 is 0.707 bits per heavy atom. The van der Waals surface area contributed by atoms with E-state index in [4.69, 9.17) is 14.2 Å². The van der Waals surface area contributed by atoms with E-state index >= 15 is 0 Å². The summed E-state index contributed by atoms with van der Waals surface area (Å²) in [6, 6.07) is 0. The molecule has 0 spiro atoms. The highest BCUT2D eigenvalue weighted by atomic mass is 16.5. The van der Waals surface area contributed by atoms with E-state index in [2.05, 4.69) is 54.5 Å². The molecule has 5 aliphatic carbocycles. The van der Waals surface area contributed by atoms with Crippen molar-refractivity contribution in [3.8, 4) is 0 Å². The Bertz CT molecular complexity index is 1530. The fraction of sp³-hybridized carbons (Fsp3) is 0.938. The summed E-state index contributed by atoms with van der Waals surface area (Å²) < 4.78 is 18.3. The number of aliphatic hydroxyl groups excluding tert-OH is 6. The minimum Gasteiger partial charge on any atom is -0.465 e. The van der Waals surface area contributed by atoms with Crippen molar-refractivity contribution in [3.63, 3.8) is 0 Å². The summed E-state index contributed by atoms with van der Waals surface area (Å²) in [5.74, 6) is 1.16. The van der Waals surface area contributed by atoms with Crippen LogP contribution < -0.4 is 0 Å². The van der Waals surface area contributed by atoms with E-state index in [1.165, 1.54) is 5.57 Å². The maximum atomic E-state index is 14.5. The fourth-order valence-electron chi connectivity index (χ4n) is 15.1. The zero-order valence-electron chi connectivity index (χ0n) is 37.3. The first-order valence-corrected chi connectivity index (χ1v) is 23.3. The third-order valence-corrected chi connectivity index (χ3v) is 19.0. The fourth-order valence-corrected chi connectivity index (χ4v) is 15.1. The zero-order valence-corrected chi connectivity index (χ0v) is 37.3. The average molecular weight is 817 g/mol. The second kappa shape index (κ2) is 15.9. The van der Waals surface area contributed by atoms with E-state index < -0.39 is 66.5 Å². The van der Waals surface area contributed by atoms with Gasteiger partial charge in [0.1, 0.15) is 36.6 Å². The van der Waals surface area contributed by atoms with Gasteiger partial charge >= 0.3 is 5.97 Å². The third-order valence-electron chi connectivity index (χ3n) is 19.0. The molecule has 0 radical (unpaired) electrons. The van der Waals surface area contributed by atoms with Crippen molar-refractivity contribution in [2.75, 3.05) is 6.61 Å². The van der Waals surface area contributed by atoms with E-state index in [1.54, 1.807) is 13.8 Å². The summed E-state index contributed by atoms with van der Waals surface area (Å²) in [5, 5.41) is 63.0. The van der Waals surface area contributed by atoms with Gasteiger partial charge < -0.3 is 44.8 Å². The molecule has 332 valence electrons. The molecule has 2 saturated heterocycles. The second-order valence-corrected chi connectivity index (χ2v) is 22.8. The highest BCUT2D eigenvalue weighted by molar-refractivity contribution is 5.78. The van der Waals surface area contributed by atoms with E-state index in [1.807, 2.05) is 0 Å². The Labute approximate surface area is 348 Å². The van der Waals surface area contributed by atoms with Gasteiger partial charge in [0, 0.05) is 0 Å². The van der Waals surface area contributed by atoms with Gasteiger partial charge in [0.2, 0.25) is 0 Å². The lowest BCUT2D eigenvalue weighted by atomic mass is 9.33. The molecule has 0 bridgehead atoms. The monoisotopic (exact) mass is 817 g/mol.